The zero-order valence-corrected chi connectivity index (χ0v) is 42.9. The second-order valence-corrected chi connectivity index (χ2v) is 21.7. The van der Waals surface area contributed by atoms with Gasteiger partial charge in [0.15, 0.2) is 6.29 Å². The first-order chi connectivity index (χ1) is 32.0. The maximum absolute atomic E-state index is 13.8. The molecule has 3 rings (SSSR count). The molecule has 1 saturated heterocycles. The average molecular weight is 1010 g/mol. The van der Waals surface area contributed by atoms with Crippen LogP contribution in [0.5, 0.6) is 0 Å². The molecule has 0 aromatic carbocycles. The summed E-state index contributed by atoms with van der Waals surface area (Å²) in [4.78, 5) is 79.3. The van der Waals surface area contributed by atoms with Crippen LogP contribution in [-0.2, 0) is 47.5 Å². The summed E-state index contributed by atoms with van der Waals surface area (Å²) in [7, 11) is 1.30. The number of alkyl carbamates (subject to hydrolysis) is 3. The van der Waals surface area contributed by atoms with Gasteiger partial charge in [0, 0.05) is 13.6 Å². The number of hydrogen-bond acceptors (Lipinski definition) is 19. The Hall–Kier alpha value is -4.76. The summed E-state index contributed by atoms with van der Waals surface area (Å²) >= 11 is 0. The fraction of sp³-hybridized carbons (Fsp3) is 0.822. The van der Waals surface area contributed by atoms with Crippen molar-refractivity contribution in [3.8, 4) is 0 Å². The Labute approximate surface area is 409 Å². The molecule has 0 bridgehead atoms. The number of carbonyl (C=O) groups is 6. The van der Waals surface area contributed by atoms with Crippen molar-refractivity contribution in [2.45, 2.75) is 205 Å². The molecule has 0 unspecified atom stereocenters. The molecule has 2 aliphatic heterocycles. The van der Waals surface area contributed by atoms with Crippen molar-refractivity contribution in [3.05, 3.63) is 11.8 Å². The fourth-order valence-corrected chi connectivity index (χ4v) is 7.56. The number of hydrogen-bond donors (Lipinski definition) is 10. The Morgan fingerprint density at radius 3 is 1.81 bits per heavy atom. The van der Waals surface area contributed by atoms with Gasteiger partial charge in [0.05, 0.1) is 37.3 Å². The van der Waals surface area contributed by atoms with E-state index in [0.717, 1.165) is 4.90 Å². The van der Waals surface area contributed by atoms with Gasteiger partial charge in [-0.15, -0.1) is 0 Å². The van der Waals surface area contributed by atoms with Crippen LogP contribution in [-0.4, -0.2) is 190 Å². The van der Waals surface area contributed by atoms with Crippen LogP contribution in [0.1, 0.15) is 109 Å². The standard InChI is InChI=1S/C45H79N7O18/c1-41(2,3)67-37(58)47-18-17-27(53)34(57)50-25-19-26(51-39(60)69-43(7,8)9)32(65-35-24(16-15-23(20-46)64-35)49-28(54)21-48-38(59)68-42(4,5)6)29(55)31(25)66-36-30(56)33(45(13,62)22-63-36)52(14)40(61)70-44(10,11)12/h15,24-27,29-33,35-36,53,55-56,62H,16-22,46H2,1-14H3,(H,47,58)(H,48,59)(H,49,54)(H,50,57)(H,51,60)/t24-,25-,26+,27+,29-,30-,31+,32-,33-,35-,36-,45+/m1/s1. The van der Waals surface area contributed by atoms with Crippen molar-refractivity contribution in [3.63, 3.8) is 0 Å². The summed E-state index contributed by atoms with van der Waals surface area (Å²) in [5, 5.41) is 59.7. The summed E-state index contributed by atoms with van der Waals surface area (Å²) in [6.07, 6.45) is -14.4. The van der Waals surface area contributed by atoms with Crippen LogP contribution in [0.4, 0.5) is 19.2 Å². The van der Waals surface area contributed by atoms with Gasteiger partial charge in [-0.25, -0.2) is 19.2 Å². The second-order valence-electron chi connectivity index (χ2n) is 21.7. The molecular formula is C45H79N7O18. The van der Waals surface area contributed by atoms with Crippen LogP contribution in [0.3, 0.4) is 0 Å². The molecule has 0 aromatic rings. The third kappa shape index (κ3) is 19.1. The number of ether oxygens (including phenoxy) is 8. The highest BCUT2D eigenvalue weighted by Gasteiger charge is 2.55. The normalized spacial score (nSPS) is 28.9. The molecule has 70 heavy (non-hydrogen) atoms. The minimum Gasteiger partial charge on any atom is -0.466 e. The molecule has 1 aliphatic carbocycles. The van der Waals surface area contributed by atoms with E-state index in [1.54, 1.807) is 89.2 Å². The Morgan fingerprint density at radius 1 is 0.757 bits per heavy atom. The number of amides is 6. The number of nitrogens with two attached hydrogens (primary N) is 1. The van der Waals surface area contributed by atoms with Crippen molar-refractivity contribution in [2.24, 2.45) is 5.73 Å². The predicted molar refractivity (Wildman–Crippen MR) is 247 cm³/mol. The van der Waals surface area contributed by atoms with E-state index in [4.69, 9.17) is 43.6 Å². The van der Waals surface area contributed by atoms with E-state index in [0.29, 0.717) is 0 Å². The van der Waals surface area contributed by atoms with Gasteiger partial charge in [-0.05, 0) is 115 Å². The lowest BCUT2D eigenvalue weighted by atomic mass is 9.82. The summed E-state index contributed by atoms with van der Waals surface area (Å²) in [6.45, 7) is 19.7. The van der Waals surface area contributed by atoms with Gasteiger partial charge in [0.2, 0.25) is 18.1 Å². The maximum Gasteiger partial charge on any atom is 0.410 e. The van der Waals surface area contributed by atoms with Crippen LogP contribution >= 0.6 is 0 Å². The van der Waals surface area contributed by atoms with Crippen LogP contribution < -0.4 is 32.3 Å². The van der Waals surface area contributed by atoms with Gasteiger partial charge in [0.1, 0.15) is 70.8 Å². The molecule has 12 atom stereocenters. The van der Waals surface area contributed by atoms with E-state index in [2.05, 4.69) is 26.6 Å². The van der Waals surface area contributed by atoms with E-state index >= 15 is 0 Å². The van der Waals surface area contributed by atoms with Crippen LogP contribution in [0, 0.1) is 0 Å². The molecule has 3 aliphatic rings. The molecule has 25 heteroatoms. The summed E-state index contributed by atoms with van der Waals surface area (Å²) < 4.78 is 46.2. The third-order valence-corrected chi connectivity index (χ3v) is 10.4. The second kappa shape index (κ2) is 24.1. The zero-order chi connectivity index (χ0) is 53.3. The molecule has 0 spiro atoms. The van der Waals surface area contributed by atoms with E-state index in [1.807, 2.05) is 0 Å². The minimum absolute atomic E-state index is 0.0796. The molecule has 6 amide bonds. The summed E-state index contributed by atoms with van der Waals surface area (Å²) in [5.41, 5.74) is 0.419. The van der Waals surface area contributed by atoms with Crippen LogP contribution in [0.25, 0.3) is 0 Å². The van der Waals surface area contributed by atoms with E-state index in [1.165, 1.54) is 14.0 Å². The number of aliphatic hydroxyl groups excluding tert-OH is 3. The maximum atomic E-state index is 13.8. The number of nitrogens with one attached hydrogen (secondary N) is 5. The summed E-state index contributed by atoms with van der Waals surface area (Å²) in [6, 6.07) is -5.09. The van der Waals surface area contributed by atoms with Crippen molar-refractivity contribution >= 4 is 36.2 Å². The Kier molecular flexibility index (Phi) is 20.5. The van der Waals surface area contributed by atoms with Gasteiger partial charge in [-0.3, -0.25) is 9.59 Å². The van der Waals surface area contributed by atoms with Gasteiger partial charge in [0.25, 0.3) is 0 Å². The number of likely N-dealkylation sites (N-methyl/N-ethyl adjacent to an activating group) is 1. The Morgan fingerprint density at radius 2 is 1.27 bits per heavy atom. The van der Waals surface area contributed by atoms with Crippen molar-refractivity contribution in [1.29, 1.82) is 0 Å². The number of nitrogens with zero attached hydrogens (tertiary/aromatic N) is 1. The predicted octanol–water partition coefficient (Wildman–Crippen LogP) is 0.477. The average Bonchev–Trinajstić information content (AvgIpc) is 3.18. The minimum atomic E-state index is -1.92. The zero-order valence-electron chi connectivity index (χ0n) is 42.9. The quantitative estimate of drug-likeness (QED) is 0.0997. The van der Waals surface area contributed by atoms with Crippen molar-refractivity contribution in [2.75, 3.05) is 33.3 Å². The van der Waals surface area contributed by atoms with E-state index in [-0.39, 0.29) is 38.1 Å². The number of rotatable bonds is 15. The largest absolute Gasteiger partial charge is 0.466 e. The SMILES string of the molecule is CN(C(=O)OC(C)(C)C)[C@@H]1[C@@H](O)[C@@H](O[C@@H]2[C@@H](O)[C@H](O[C@H]3OC(CN)=CC[C@H]3NC(=O)CNC(=O)OC(C)(C)C)[C@@H](NC(=O)OC(C)(C)C)C[C@H]2NC(=O)[C@@H](O)CCNC(=O)OC(C)(C)C)OC[C@]1(C)O. The Bertz CT molecular complexity index is 1840. The topological polar surface area (TPSA) is 347 Å². The first-order valence-corrected chi connectivity index (χ1v) is 23.2. The monoisotopic (exact) mass is 1010 g/mol. The molecule has 0 radical (unpaired) electrons. The molecule has 11 N–H and O–H groups in total. The molecule has 2 fully saturated rings. The highest BCUT2D eigenvalue weighted by atomic mass is 16.7. The van der Waals surface area contributed by atoms with Gasteiger partial charge >= 0.3 is 24.4 Å². The number of carbonyl (C=O) groups excluding carboxylic acids is 6. The molecule has 0 aromatic heterocycles. The highest BCUT2D eigenvalue weighted by Crippen LogP contribution is 2.35. The smallest absolute Gasteiger partial charge is 0.410 e. The fourth-order valence-electron chi connectivity index (χ4n) is 7.56. The van der Waals surface area contributed by atoms with Crippen molar-refractivity contribution < 1.29 is 87.1 Å². The van der Waals surface area contributed by atoms with Crippen LogP contribution in [0.15, 0.2) is 11.8 Å². The lowest BCUT2D eigenvalue weighted by Gasteiger charge is -2.50. The highest BCUT2D eigenvalue weighted by molar-refractivity contribution is 5.82. The van der Waals surface area contributed by atoms with Crippen LogP contribution in [0.2, 0.25) is 0 Å². The van der Waals surface area contributed by atoms with E-state index < -0.39 is 145 Å². The molecular weight excluding hydrogens is 927 g/mol. The number of aliphatic hydroxyl groups is 4. The van der Waals surface area contributed by atoms with Gasteiger partial charge < -0.3 is 95.5 Å². The van der Waals surface area contributed by atoms with Crippen molar-refractivity contribution in [1.82, 2.24) is 31.5 Å². The molecule has 1 saturated carbocycles. The first kappa shape index (κ1) is 59.5. The lowest BCUT2D eigenvalue weighted by Crippen LogP contribution is -2.71. The third-order valence-electron chi connectivity index (χ3n) is 10.4. The summed E-state index contributed by atoms with van der Waals surface area (Å²) in [5.74, 6) is -1.44. The molecule has 2 heterocycles. The van der Waals surface area contributed by atoms with Gasteiger partial charge in [-0.1, -0.05) is 0 Å². The van der Waals surface area contributed by atoms with E-state index in [9.17, 15) is 49.2 Å². The molecule has 402 valence electrons. The lowest BCUT2D eigenvalue weighted by molar-refractivity contribution is -0.311. The first-order valence-electron chi connectivity index (χ1n) is 23.2. The Balaban J connectivity index is 2.06. The molecule has 25 nitrogen and oxygen atoms in total. The van der Waals surface area contributed by atoms with Gasteiger partial charge in [-0.2, -0.15) is 0 Å².